The van der Waals surface area contributed by atoms with Gasteiger partial charge in [0.1, 0.15) is 12.4 Å². The minimum atomic E-state index is -0.0233. The van der Waals surface area contributed by atoms with Gasteiger partial charge in [0.05, 0.1) is 6.54 Å². The number of ether oxygens (including phenoxy) is 3. The number of fused-ring (bicyclic) bond motifs is 1. The zero-order chi connectivity index (χ0) is 15.2. The van der Waals surface area contributed by atoms with Gasteiger partial charge in [0.15, 0.2) is 11.5 Å². The molecule has 2 heterocycles. The van der Waals surface area contributed by atoms with E-state index >= 15 is 0 Å². The van der Waals surface area contributed by atoms with Crippen LogP contribution in [-0.2, 0) is 11.3 Å². The van der Waals surface area contributed by atoms with Gasteiger partial charge in [-0.15, -0.1) is 0 Å². The highest BCUT2D eigenvalue weighted by Crippen LogP contribution is 2.34. The average Bonchev–Trinajstić information content (AvgIpc) is 3.20. The van der Waals surface area contributed by atoms with Gasteiger partial charge in [0, 0.05) is 31.4 Å². The highest BCUT2D eigenvalue weighted by atomic mass is 16.7. The van der Waals surface area contributed by atoms with Gasteiger partial charge in [-0.25, -0.2) is 0 Å². The number of nitrogens with one attached hydrogen (secondary N) is 1. The van der Waals surface area contributed by atoms with Crippen molar-refractivity contribution in [2.24, 2.45) is 0 Å². The van der Waals surface area contributed by atoms with Crippen LogP contribution in [0.3, 0.4) is 0 Å². The fraction of sp³-hybridized carbons (Fsp3) is 0.333. The Morgan fingerprint density at radius 1 is 1.36 bits per heavy atom. The van der Waals surface area contributed by atoms with E-state index in [1.54, 1.807) is 23.0 Å². The molecule has 0 aliphatic carbocycles. The maximum absolute atomic E-state index is 11.7. The van der Waals surface area contributed by atoms with Crippen molar-refractivity contribution in [3.8, 4) is 17.2 Å². The van der Waals surface area contributed by atoms with E-state index in [1.165, 1.54) is 0 Å². The zero-order valence-corrected chi connectivity index (χ0v) is 12.0. The molecule has 22 heavy (non-hydrogen) atoms. The van der Waals surface area contributed by atoms with Crippen LogP contribution in [0.1, 0.15) is 6.42 Å². The Bertz CT molecular complexity index is 628. The minimum Gasteiger partial charge on any atom is -0.492 e. The summed E-state index contributed by atoms with van der Waals surface area (Å²) in [5, 5.41) is 6.85. The van der Waals surface area contributed by atoms with Gasteiger partial charge in [-0.05, 0) is 18.2 Å². The van der Waals surface area contributed by atoms with Crippen LogP contribution < -0.4 is 19.5 Å². The van der Waals surface area contributed by atoms with Gasteiger partial charge in [0.25, 0.3) is 0 Å². The van der Waals surface area contributed by atoms with E-state index in [2.05, 4.69) is 10.4 Å². The molecule has 0 atom stereocenters. The summed E-state index contributed by atoms with van der Waals surface area (Å²) in [6.45, 7) is 1.66. The number of hydrogen-bond acceptors (Lipinski definition) is 5. The van der Waals surface area contributed by atoms with Crippen LogP contribution in [0.4, 0.5) is 0 Å². The number of amides is 1. The molecule has 0 saturated heterocycles. The number of nitrogens with zero attached hydrogens (tertiary/aromatic N) is 2. The molecule has 116 valence electrons. The Hall–Kier alpha value is -2.70. The van der Waals surface area contributed by atoms with Crippen molar-refractivity contribution >= 4 is 5.91 Å². The standard InChI is InChI=1S/C15H17N3O4/c19-15(4-8-18-7-1-5-17-18)16-6-9-20-12-2-3-13-14(10-12)22-11-21-13/h1-3,5,7,10H,4,6,8-9,11H2,(H,16,19). The molecule has 1 aromatic carbocycles. The third-order valence-corrected chi connectivity index (χ3v) is 3.16. The number of carbonyl (C=O) groups excluding carboxylic acids is 1. The SMILES string of the molecule is O=C(CCn1cccn1)NCCOc1ccc2c(c1)OCO2. The molecular formula is C15H17N3O4. The molecule has 3 rings (SSSR count). The van der Waals surface area contributed by atoms with E-state index in [0.717, 1.165) is 5.75 Å². The zero-order valence-electron chi connectivity index (χ0n) is 12.0. The van der Waals surface area contributed by atoms with E-state index in [-0.39, 0.29) is 12.7 Å². The van der Waals surface area contributed by atoms with E-state index in [9.17, 15) is 4.79 Å². The van der Waals surface area contributed by atoms with E-state index < -0.39 is 0 Å². The molecule has 1 N–H and O–H groups in total. The summed E-state index contributed by atoms with van der Waals surface area (Å²) in [5.41, 5.74) is 0. The number of aromatic nitrogens is 2. The molecule has 1 aliphatic rings. The molecule has 7 heteroatoms. The van der Waals surface area contributed by atoms with Crippen molar-refractivity contribution < 1.29 is 19.0 Å². The molecule has 1 aromatic heterocycles. The molecule has 0 spiro atoms. The summed E-state index contributed by atoms with van der Waals surface area (Å²) < 4.78 is 17.8. The fourth-order valence-electron chi connectivity index (χ4n) is 2.06. The maximum Gasteiger partial charge on any atom is 0.231 e. The monoisotopic (exact) mass is 303 g/mol. The van der Waals surface area contributed by atoms with Crippen molar-refractivity contribution in [3.05, 3.63) is 36.7 Å². The highest BCUT2D eigenvalue weighted by Gasteiger charge is 2.13. The summed E-state index contributed by atoms with van der Waals surface area (Å²) in [6.07, 6.45) is 3.92. The van der Waals surface area contributed by atoms with Crippen LogP contribution in [-0.4, -0.2) is 35.6 Å². The number of rotatable bonds is 7. The Kier molecular flexibility index (Phi) is 4.43. The molecular weight excluding hydrogens is 286 g/mol. The van der Waals surface area contributed by atoms with Gasteiger partial charge >= 0.3 is 0 Å². The van der Waals surface area contributed by atoms with Gasteiger partial charge in [-0.3, -0.25) is 9.48 Å². The number of carbonyl (C=O) groups is 1. The quantitative estimate of drug-likeness (QED) is 0.778. The third-order valence-electron chi connectivity index (χ3n) is 3.16. The molecule has 0 radical (unpaired) electrons. The maximum atomic E-state index is 11.7. The Morgan fingerprint density at radius 2 is 2.27 bits per heavy atom. The topological polar surface area (TPSA) is 74.6 Å². The second-order valence-corrected chi connectivity index (χ2v) is 4.73. The summed E-state index contributed by atoms with van der Waals surface area (Å²) >= 11 is 0. The van der Waals surface area contributed by atoms with E-state index in [1.807, 2.05) is 18.3 Å². The Morgan fingerprint density at radius 3 is 3.14 bits per heavy atom. The normalized spacial score (nSPS) is 12.2. The predicted molar refractivity (Wildman–Crippen MR) is 77.9 cm³/mol. The third kappa shape index (κ3) is 3.69. The molecule has 1 aliphatic heterocycles. The first-order valence-corrected chi connectivity index (χ1v) is 7.08. The summed E-state index contributed by atoms with van der Waals surface area (Å²) in [5.74, 6) is 2.07. The van der Waals surface area contributed by atoms with Gasteiger partial charge in [0.2, 0.25) is 12.7 Å². The first-order valence-electron chi connectivity index (χ1n) is 7.08. The Labute approximate surface area is 127 Å². The summed E-state index contributed by atoms with van der Waals surface area (Å²) in [4.78, 5) is 11.7. The second-order valence-electron chi connectivity index (χ2n) is 4.73. The smallest absolute Gasteiger partial charge is 0.231 e. The van der Waals surface area contributed by atoms with E-state index in [0.29, 0.717) is 37.6 Å². The number of aryl methyl sites for hydroxylation is 1. The molecule has 0 saturated carbocycles. The number of hydrogen-bond donors (Lipinski definition) is 1. The average molecular weight is 303 g/mol. The molecule has 2 aromatic rings. The first kappa shape index (κ1) is 14.2. The van der Waals surface area contributed by atoms with Gasteiger partial charge in [-0.2, -0.15) is 5.10 Å². The second kappa shape index (κ2) is 6.84. The van der Waals surface area contributed by atoms with Gasteiger partial charge in [-0.1, -0.05) is 0 Å². The first-order chi connectivity index (χ1) is 10.8. The highest BCUT2D eigenvalue weighted by molar-refractivity contribution is 5.75. The van der Waals surface area contributed by atoms with Crippen molar-refractivity contribution in [1.29, 1.82) is 0 Å². The van der Waals surface area contributed by atoms with Crippen molar-refractivity contribution in [2.45, 2.75) is 13.0 Å². The van der Waals surface area contributed by atoms with Crippen LogP contribution in [0, 0.1) is 0 Å². The van der Waals surface area contributed by atoms with E-state index in [4.69, 9.17) is 14.2 Å². The molecule has 0 unspecified atom stereocenters. The largest absolute Gasteiger partial charge is 0.492 e. The van der Waals surface area contributed by atoms with Crippen molar-refractivity contribution in [1.82, 2.24) is 15.1 Å². The van der Waals surface area contributed by atoms with Crippen LogP contribution >= 0.6 is 0 Å². The minimum absolute atomic E-state index is 0.0233. The number of benzene rings is 1. The lowest BCUT2D eigenvalue weighted by molar-refractivity contribution is -0.121. The lowest BCUT2D eigenvalue weighted by Crippen LogP contribution is -2.28. The van der Waals surface area contributed by atoms with Gasteiger partial charge < -0.3 is 19.5 Å². The van der Waals surface area contributed by atoms with Crippen molar-refractivity contribution in [3.63, 3.8) is 0 Å². The summed E-state index contributed by atoms with van der Waals surface area (Å²) in [7, 11) is 0. The van der Waals surface area contributed by atoms with Crippen LogP contribution in [0.2, 0.25) is 0 Å². The summed E-state index contributed by atoms with van der Waals surface area (Å²) in [6, 6.07) is 7.23. The fourth-order valence-corrected chi connectivity index (χ4v) is 2.06. The van der Waals surface area contributed by atoms with Crippen LogP contribution in [0.5, 0.6) is 17.2 Å². The van der Waals surface area contributed by atoms with Crippen LogP contribution in [0.15, 0.2) is 36.7 Å². The predicted octanol–water partition coefficient (Wildman–Crippen LogP) is 1.20. The van der Waals surface area contributed by atoms with Crippen molar-refractivity contribution in [2.75, 3.05) is 19.9 Å². The molecule has 0 bridgehead atoms. The Balaban J connectivity index is 1.34. The lowest BCUT2D eigenvalue weighted by Gasteiger charge is -2.08. The molecule has 7 nitrogen and oxygen atoms in total. The van der Waals surface area contributed by atoms with Crippen LogP contribution in [0.25, 0.3) is 0 Å². The molecule has 1 amide bonds. The molecule has 0 fully saturated rings. The lowest BCUT2D eigenvalue weighted by atomic mass is 10.3.